The molecular weight excluding hydrogens is 244 g/mol. The maximum atomic E-state index is 9.58. The molecule has 2 aromatic rings. The largest absolute Gasteiger partial charge is 0.508 e. The summed E-state index contributed by atoms with van der Waals surface area (Å²) in [5, 5.41) is 19.1. The van der Waals surface area contributed by atoms with Gasteiger partial charge in [-0.15, -0.1) is 0 Å². The molecule has 0 amide bonds. The first kappa shape index (κ1) is 11.7. The van der Waals surface area contributed by atoms with Crippen molar-refractivity contribution in [1.29, 1.82) is 0 Å². The van der Waals surface area contributed by atoms with Gasteiger partial charge in [-0.2, -0.15) is 0 Å². The van der Waals surface area contributed by atoms with Crippen LogP contribution in [0, 0.1) is 0 Å². The van der Waals surface area contributed by atoms with E-state index in [0.717, 1.165) is 11.1 Å². The molecule has 0 aromatic heterocycles. The van der Waals surface area contributed by atoms with Crippen LogP contribution < -0.4 is 9.47 Å². The van der Waals surface area contributed by atoms with Crippen molar-refractivity contribution in [1.82, 2.24) is 0 Å². The van der Waals surface area contributed by atoms with Crippen LogP contribution in [-0.2, 0) is 0 Å². The number of phenolic OH excluding ortho intramolecular Hbond substituents is 2. The van der Waals surface area contributed by atoms with Gasteiger partial charge in [0.2, 0.25) is 0 Å². The van der Waals surface area contributed by atoms with E-state index in [4.69, 9.17) is 9.47 Å². The molecular formula is C15H14O4. The smallest absolute Gasteiger partial charge is 0.131 e. The van der Waals surface area contributed by atoms with Crippen LogP contribution in [0.25, 0.3) is 11.1 Å². The van der Waals surface area contributed by atoms with Crippen molar-refractivity contribution in [3.05, 3.63) is 36.4 Å². The quantitative estimate of drug-likeness (QED) is 0.762. The van der Waals surface area contributed by atoms with Gasteiger partial charge in [-0.3, -0.25) is 0 Å². The first-order valence-corrected chi connectivity index (χ1v) is 6.09. The van der Waals surface area contributed by atoms with Gasteiger partial charge in [0.05, 0.1) is 0 Å². The maximum absolute atomic E-state index is 9.58. The maximum Gasteiger partial charge on any atom is 0.131 e. The van der Waals surface area contributed by atoms with Gasteiger partial charge in [0.25, 0.3) is 0 Å². The molecule has 4 nitrogen and oxygen atoms in total. The van der Waals surface area contributed by atoms with Crippen molar-refractivity contribution < 1.29 is 19.7 Å². The normalized spacial score (nSPS) is 17.2. The summed E-state index contributed by atoms with van der Waals surface area (Å²) < 4.78 is 11.4. The van der Waals surface area contributed by atoms with Gasteiger partial charge in [-0.25, -0.2) is 0 Å². The van der Waals surface area contributed by atoms with Crippen molar-refractivity contribution in [3.63, 3.8) is 0 Å². The van der Waals surface area contributed by atoms with Gasteiger partial charge in [0.1, 0.15) is 35.7 Å². The summed E-state index contributed by atoms with van der Waals surface area (Å²) in [7, 11) is 0. The van der Waals surface area contributed by atoms with Gasteiger partial charge in [0, 0.05) is 23.3 Å². The fraction of sp³-hybridized carbons (Fsp3) is 0.200. The number of rotatable bonds is 0. The van der Waals surface area contributed by atoms with Crippen LogP contribution in [0.5, 0.6) is 23.0 Å². The number of benzene rings is 2. The molecule has 98 valence electrons. The Kier molecular flexibility index (Phi) is 2.71. The molecule has 0 unspecified atom stereocenters. The third-order valence-corrected chi connectivity index (χ3v) is 3.02. The SMILES string of the molecule is C[C@@H]1COc2cc(O)ccc2-c2ccc(O)cc2O1. The highest BCUT2D eigenvalue weighted by Gasteiger charge is 2.19. The third-order valence-electron chi connectivity index (χ3n) is 3.02. The van der Waals surface area contributed by atoms with E-state index in [0.29, 0.717) is 18.1 Å². The van der Waals surface area contributed by atoms with Crippen molar-refractivity contribution >= 4 is 0 Å². The zero-order chi connectivity index (χ0) is 13.4. The Balaban J connectivity index is 2.21. The number of hydrogen-bond acceptors (Lipinski definition) is 4. The summed E-state index contributed by atoms with van der Waals surface area (Å²) in [6, 6.07) is 9.94. The molecule has 2 aromatic carbocycles. The fourth-order valence-corrected chi connectivity index (χ4v) is 2.14. The standard InChI is InChI=1S/C15H14O4/c1-9-8-18-14-6-10(16)2-4-12(14)13-5-3-11(17)7-15(13)19-9/h2-7,9,16-17H,8H2,1H3/t9-/m1/s1. The molecule has 4 heteroatoms. The molecule has 1 aliphatic rings. The van der Waals surface area contributed by atoms with Crippen LogP contribution in [0.1, 0.15) is 6.92 Å². The summed E-state index contributed by atoms with van der Waals surface area (Å²) in [6.45, 7) is 2.27. The van der Waals surface area contributed by atoms with Gasteiger partial charge in [-0.1, -0.05) is 0 Å². The lowest BCUT2D eigenvalue weighted by Gasteiger charge is -2.23. The molecule has 0 saturated heterocycles. The van der Waals surface area contributed by atoms with E-state index >= 15 is 0 Å². The van der Waals surface area contributed by atoms with E-state index in [9.17, 15) is 10.2 Å². The Morgan fingerprint density at radius 1 is 0.947 bits per heavy atom. The number of aromatic hydroxyl groups is 2. The number of ether oxygens (including phenoxy) is 2. The summed E-state index contributed by atoms with van der Waals surface area (Å²) in [5.41, 5.74) is 1.67. The Bertz CT molecular complexity index is 622. The highest BCUT2D eigenvalue weighted by atomic mass is 16.5. The van der Waals surface area contributed by atoms with E-state index < -0.39 is 0 Å². The van der Waals surface area contributed by atoms with Gasteiger partial charge in [-0.05, 0) is 31.2 Å². The van der Waals surface area contributed by atoms with Crippen LogP contribution in [0.2, 0.25) is 0 Å². The van der Waals surface area contributed by atoms with E-state index in [1.165, 1.54) is 0 Å². The Morgan fingerprint density at radius 2 is 1.53 bits per heavy atom. The Hall–Kier alpha value is -2.36. The van der Waals surface area contributed by atoms with Crippen molar-refractivity contribution in [2.45, 2.75) is 13.0 Å². The van der Waals surface area contributed by atoms with Crippen LogP contribution in [0.3, 0.4) is 0 Å². The summed E-state index contributed by atoms with van der Waals surface area (Å²) >= 11 is 0. The first-order valence-electron chi connectivity index (χ1n) is 6.09. The summed E-state index contributed by atoms with van der Waals surface area (Å²) in [6.07, 6.45) is -0.143. The average molecular weight is 258 g/mol. The zero-order valence-electron chi connectivity index (χ0n) is 10.5. The molecule has 3 rings (SSSR count). The second-order valence-corrected chi connectivity index (χ2v) is 4.60. The molecule has 2 N–H and O–H groups in total. The average Bonchev–Trinajstić information content (AvgIpc) is 2.36. The van der Waals surface area contributed by atoms with Gasteiger partial charge < -0.3 is 19.7 Å². The Labute approximate surface area is 110 Å². The van der Waals surface area contributed by atoms with E-state index in [1.54, 1.807) is 36.4 Å². The number of hydrogen-bond donors (Lipinski definition) is 2. The molecule has 19 heavy (non-hydrogen) atoms. The minimum absolute atomic E-state index is 0.143. The predicted molar refractivity (Wildman–Crippen MR) is 70.8 cm³/mol. The molecule has 0 spiro atoms. The first-order chi connectivity index (χ1) is 9.13. The summed E-state index contributed by atoms with van der Waals surface area (Å²) in [5.74, 6) is 1.55. The van der Waals surface area contributed by atoms with Crippen molar-refractivity contribution in [2.75, 3.05) is 6.61 Å². The van der Waals surface area contributed by atoms with Crippen LogP contribution >= 0.6 is 0 Å². The van der Waals surface area contributed by atoms with E-state index in [1.807, 2.05) is 6.92 Å². The molecule has 1 aliphatic heterocycles. The van der Waals surface area contributed by atoms with Crippen LogP contribution in [0.4, 0.5) is 0 Å². The zero-order valence-corrected chi connectivity index (χ0v) is 10.5. The lowest BCUT2D eigenvalue weighted by Crippen LogP contribution is -2.23. The van der Waals surface area contributed by atoms with Gasteiger partial charge in [0.15, 0.2) is 0 Å². The molecule has 0 aliphatic carbocycles. The summed E-state index contributed by atoms with van der Waals surface area (Å²) in [4.78, 5) is 0. The molecule has 1 atom stereocenters. The third kappa shape index (κ3) is 2.17. The molecule has 0 saturated carbocycles. The van der Waals surface area contributed by atoms with Crippen LogP contribution in [-0.4, -0.2) is 22.9 Å². The molecule has 0 bridgehead atoms. The lowest BCUT2D eigenvalue weighted by atomic mass is 10.0. The second kappa shape index (κ2) is 4.39. The van der Waals surface area contributed by atoms with E-state index in [2.05, 4.69) is 0 Å². The number of phenols is 2. The van der Waals surface area contributed by atoms with Crippen molar-refractivity contribution in [2.24, 2.45) is 0 Å². The monoisotopic (exact) mass is 258 g/mol. The van der Waals surface area contributed by atoms with Crippen molar-refractivity contribution in [3.8, 4) is 34.1 Å². The number of fused-ring (bicyclic) bond motifs is 3. The molecule has 0 fully saturated rings. The predicted octanol–water partition coefficient (Wildman–Crippen LogP) is 2.92. The molecule has 1 heterocycles. The van der Waals surface area contributed by atoms with Crippen LogP contribution in [0.15, 0.2) is 36.4 Å². The highest BCUT2D eigenvalue weighted by Crippen LogP contribution is 2.41. The fourth-order valence-electron chi connectivity index (χ4n) is 2.14. The topological polar surface area (TPSA) is 58.9 Å². The van der Waals surface area contributed by atoms with Gasteiger partial charge >= 0.3 is 0 Å². The van der Waals surface area contributed by atoms with E-state index in [-0.39, 0.29) is 17.6 Å². The highest BCUT2D eigenvalue weighted by molar-refractivity contribution is 5.77. The minimum Gasteiger partial charge on any atom is -0.508 e. The lowest BCUT2D eigenvalue weighted by molar-refractivity contribution is 0.140. The molecule has 0 radical (unpaired) electrons. The second-order valence-electron chi connectivity index (χ2n) is 4.60. The minimum atomic E-state index is -0.143. The Morgan fingerprint density at radius 3 is 2.21 bits per heavy atom.